The van der Waals surface area contributed by atoms with E-state index in [4.69, 9.17) is 0 Å². The molecule has 0 aliphatic heterocycles. The molecule has 0 spiro atoms. The third kappa shape index (κ3) is 2.62. The van der Waals surface area contributed by atoms with Gasteiger partial charge in [-0.15, -0.1) is 0 Å². The van der Waals surface area contributed by atoms with Gasteiger partial charge in [-0.2, -0.15) is 10.5 Å². The third-order valence-corrected chi connectivity index (χ3v) is 4.95. The number of benzene rings is 3. The number of aliphatic hydroxyl groups excluding tert-OH is 1. The van der Waals surface area contributed by atoms with E-state index < -0.39 is 6.10 Å². The van der Waals surface area contributed by atoms with Crippen molar-refractivity contribution in [1.29, 1.82) is 10.5 Å². The van der Waals surface area contributed by atoms with Crippen molar-refractivity contribution in [3.05, 3.63) is 89.0 Å². The summed E-state index contributed by atoms with van der Waals surface area (Å²) in [5.74, 6) is 0. The van der Waals surface area contributed by atoms with Crippen LogP contribution in [-0.2, 0) is 0 Å². The number of nitriles is 2. The predicted molar refractivity (Wildman–Crippen MR) is 105 cm³/mol. The molecular formula is C24H16N2O. The molecule has 3 aromatic carbocycles. The van der Waals surface area contributed by atoms with Gasteiger partial charge in [0.2, 0.25) is 0 Å². The van der Waals surface area contributed by atoms with Gasteiger partial charge in [0, 0.05) is 5.57 Å². The first-order chi connectivity index (χ1) is 13.2. The van der Waals surface area contributed by atoms with E-state index in [1.807, 2.05) is 78.9 Å². The lowest BCUT2D eigenvalue weighted by molar-refractivity contribution is 0.199. The minimum atomic E-state index is -0.548. The second-order valence-electron chi connectivity index (χ2n) is 6.55. The molecule has 1 unspecified atom stereocenters. The van der Waals surface area contributed by atoms with Crippen molar-refractivity contribution in [2.45, 2.75) is 13.0 Å². The fourth-order valence-electron chi connectivity index (χ4n) is 3.73. The summed E-state index contributed by atoms with van der Waals surface area (Å²) in [6.07, 6.45) is -0.548. The van der Waals surface area contributed by atoms with Crippen molar-refractivity contribution in [2.24, 2.45) is 0 Å². The van der Waals surface area contributed by atoms with E-state index >= 15 is 0 Å². The topological polar surface area (TPSA) is 67.8 Å². The van der Waals surface area contributed by atoms with Gasteiger partial charge in [-0.3, -0.25) is 0 Å². The van der Waals surface area contributed by atoms with E-state index in [2.05, 4.69) is 0 Å². The number of aliphatic hydroxyl groups is 1. The van der Waals surface area contributed by atoms with Crippen molar-refractivity contribution in [3.8, 4) is 34.4 Å². The second kappa shape index (κ2) is 6.57. The summed E-state index contributed by atoms with van der Waals surface area (Å²) in [5.41, 5.74) is 7.53. The standard InChI is InChI=1S/C24H16N2O/c1-15(27)16-6-4-7-17(12-16)19-10-5-11-22-23(18(13-25)14-26)20-8-2-3-9-21(20)24(19)22/h2-12,15,27H,1H3. The van der Waals surface area contributed by atoms with Crippen LogP contribution < -0.4 is 0 Å². The van der Waals surface area contributed by atoms with Crippen molar-refractivity contribution < 1.29 is 5.11 Å². The van der Waals surface area contributed by atoms with Gasteiger partial charge in [0.1, 0.15) is 17.7 Å². The van der Waals surface area contributed by atoms with Gasteiger partial charge in [-0.1, -0.05) is 60.7 Å². The van der Waals surface area contributed by atoms with Crippen LogP contribution in [0.4, 0.5) is 0 Å². The van der Waals surface area contributed by atoms with Crippen molar-refractivity contribution in [2.75, 3.05) is 0 Å². The number of hydrogen-bond acceptors (Lipinski definition) is 3. The average molecular weight is 348 g/mol. The maximum atomic E-state index is 9.95. The van der Waals surface area contributed by atoms with Crippen molar-refractivity contribution in [3.63, 3.8) is 0 Å². The monoisotopic (exact) mass is 348 g/mol. The van der Waals surface area contributed by atoms with Gasteiger partial charge < -0.3 is 5.11 Å². The second-order valence-corrected chi connectivity index (χ2v) is 6.55. The average Bonchev–Trinajstić information content (AvgIpc) is 3.04. The van der Waals surface area contributed by atoms with Gasteiger partial charge in [-0.05, 0) is 51.9 Å². The smallest absolute Gasteiger partial charge is 0.138 e. The van der Waals surface area contributed by atoms with Crippen LogP contribution in [-0.4, -0.2) is 5.11 Å². The Bertz CT molecular complexity index is 1160. The number of nitrogens with zero attached hydrogens (tertiary/aromatic N) is 2. The van der Waals surface area contributed by atoms with Crippen molar-refractivity contribution in [1.82, 2.24) is 0 Å². The van der Waals surface area contributed by atoms with Crippen LogP contribution in [0.2, 0.25) is 0 Å². The van der Waals surface area contributed by atoms with Crippen LogP contribution in [0.5, 0.6) is 0 Å². The molecule has 3 heteroatoms. The van der Waals surface area contributed by atoms with Gasteiger partial charge in [0.15, 0.2) is 0 Å². The van der Waals surface area contributed by atoms with E-state index in [-0.39, 0.29) is 5.57 Å². The summed E-state index contributed by atoms with van der Waals surface area (Å²) in [6, 6.07) is 25.7. The summed E-state index contributed by atoms with van der Waals surface area (Å²) in [5, 5.41) is 28.9. The maximum Gasteiger partial charge on any atom is 0.138 e. The first-order valence-corrected chi connectivity index (χ1v) is 8.71. The van der Waals surface area contributed by atoms with Crippen LogP contribution in [0.1, 0.15) is 29.7 Å². The van der Waals surface area contributed by atoms with Crippen LogP contribution in [0.3, 0.4) is 0 Å². The Balaban J connectivity index is 2.06. The highest BCUT2D eigenvalue weighted by atomic mass is 16.3. The Morgan fingerprint density at radius 2 is 1.44 bits per heavy atom. The highest BCUT2D eigenvalue weighted by Crippen LogP contribution is 2.49. The molecule has 0 saturated heterocycles. The van der Waals surface area contributed by atoms with E-state index in [0.29, 0.717) is 5.57 Å². The molecule has 0 heterocycles. The summed E-state index contributed by atoms with van der Waals surface area (Å²) in [4.78, 5) is 0. The molecule has 1 N–H and O–H groups in total. The fraction of sp³-hybridized carbons (Fsp3) is 0.0833. The van der Waals surface area contributed by atoms with Crippen LogP contribution in [0, 0.1) is 22.7 Å². The molecule has 128 valence electrons. The summed E-state index contributed by atoms with van der Waals surface area (Å²) < 4.78 is 0. The first kappa shape index (κ1) is 16.8. The molecule has 0 radical (unpaired) electrons. The van der Waals surface area contributed by atoms with Gasteiger partial charge >= 0.3 is 0 Å². The summed E-state index contributed by atoms with van der Waals surface area (Å²) >= 11 is 0. The molecule has 1 atom stereocenters. The third-order valence-electron chi connectivity index (χ3n) is 4.95. The molecule has 0 fully saturated rings. The number of hydrogen-bond donors (Lipinski definition) is 1. The SMILES string of the molecule is CC(O)c1cccc(-c2cccc3c2-c2ccccc2C3=C(C#N)C#N)c1. The summed E-state index contributed by atoms with van der Waals surface area (Å²) in [7, 11) is 0. The molecule has 0 bridgehead atoms. The molecule has 3 nitrogen and oxygen atoms in total. The van der Waals surface area contributed by atoms with E-state index in [1.54, 1.807) is 6.92 Å². The zero-order valence-electron chi connectivity index (χ0n) is 14.8. The zero-order chi connectivity index (χ0) is 19.0. The largest absolute Gasteiger partial charge is 0.389 e. The van der Waals surface area contributed by atoms with Crippen LogP contribution in [0.15, 0.2) is 72.3 Å². The summed E-state index contributed by atoms with van der Waals surface area (Å²) in [6.45, 7) is 1.75. The van der Waals surface area contributed by atoms with E-state index in [1.165, 1.54) is 0 Å². The Morgan fingerprint density at radius 1 is 0.815 bits per heavy atom. The molecule has 4 rings (SSSR count). The highest BCUT2D eigenvalue weighted by molar-refractivity contribution is 6.08. The fourth-order valence-corrected chi connectivity index (χ4v) is 3.73. The quantitative estimate of drug-likeness (QED) is 0.504. The maximum absolute atomic E-state index is 9.95. The molecule has 0 amide bonds. The number of fused-ring (bicyclic) bond motifs is 3. The molecule has 1 aliphatic carbocycles. The van der Waals surface area contributed by atoms with E-state index in [0.717, 1.165) is 38.9 Å². The molecule has 0 saturated carbocycles. The molecule has 0 aromatic heterocycles. The van der Waals surface area contributed by atoms with E-state index in [9.17, 15) is 15.6 Å². The molecule has 27 heavy (non-hydrogen) atoms. The normalized spacial score (nSPS) is 12.5. The number of rotatable bonds is 2. The molecule has 3 aromatic rings. The van der Waals surface area contributed by atoms with Gasteiger partial charge in [-0.25, -0.2) is 0 Å². The first-order valence-electron chi connectivity index (χ1n) is 8.71. The minimum absolute atomic E-state index is 0.121. The molecule has 1 aliphatic rings. The lowest BCUT2D eigenvalue weighted by Gasteiger charge is -2.12. The Kier molecular flexibility index (Phi) is 4.09. The zero-order valence-corrected chi connectivity index (χ0v) is 14.8. The lowest BCUT2D eigenvalue weighted by atomic mass is 9.92. The van der Waals surface area contributed by atoms with Crippen molar-refractivity contribution >= 4 is 5.57 Å². The number of allylic oxidation sites excluding steroid dienone is 1. The highest BCUT2D eigenvalue weighted by Gasteiger charge is 2.28. The minimum Gasteiger partial charge on any atom is -0.389 e. The Morgan fingerprint density at radius 3 is 2.15 bits per heavy atom. The Labute approximate surface area is 158 Å². The predicted octanol–water partition coefficient (Wildman–Crippen LogP) is 5.24. The Hall–Kier alpha value is -3.66. The van der Waals surface area contributed by atoms with Gasteiger partial charge in [0.05, 0.1) is 6.10 Å². The van der Waals surface area contributed by atoms with Crippen LogP contribution in [0.25, 0.3) is 27.8 Å². The molecular weight excluding hydrogens is 332 g/mol. The lowest BCUT2D eigenvalue weighted by Crippen LogP contribution is -1.92. The van der Waals surface area contributed by atoms with Crippen LogP contribution >= 0.6 is 0 Å². The van der Waals surface area contributed by atoms with Gasteiger partial charge in [0.25, 0.3) is 0 Å².